The summed E-state index contributed by atoms with van der Waals surface area (Å²) < 4.78 is 2.20. The maximum atomic E-state index is 12.0. The second-order valence-corrected chi connectivity index (χ2v) is 13.5. The van der Waals surface area contributed by atoms with Crippen LogP contribution >= 0.6 is 0 Å². The number of carbonyl (C=O) groups is 1. The summed E-state index contributed by atoms with van der Waals surface area (Å²) in [6.07, 6.45) is 2.63. The molecule has 2 aromatic carbocycles. The molecule has 0 aliphatic carbocycles. The molecule has 8 heteroatoms. The van der Waals surface area contributed by atoms with E-state index in [0.29, 0.717) is 5.56 Å². The number of piperazine rings is 1. The quantitative estimate of drug-likeness (QED) is 0.305. The number of fused-ring (bicyclic) bond motifs is 1. The van der Waals surface area contributed by atoms with E-state index in [1.54, 1.807) is 7.05 Å². The number of benzene rings is 2. The molecule has 222 valence electrons. The second kappa shape index (κ2) is 11.0. The molecule has 3 heterocycles. The first kappa shape index (κ1) is 29.5. The lowest BCUT2D eigenvalue weighted by atomic mass is 9.84. The van der Waals surface area contributed by atoms with Crippen molar-refractivity contribution >= 4 is 28.7 Å². The molecule has 42 heavy (non-hydrogen) atoms. The van der Waals surface area contributed by atoms with Gasteiger partial charge in [0.1, 0.15) is 5.52 Å². The molecule has 0 saturated carbocycles. The predicted molar refractivity (Wildman–Crippen MR) is 172 cm³/mol. The summed E-state index contributed by atoms with van der Waals surface area (Å²) in [4.78, 5) is 31.8. The lowest BCUT2D eigenvalue weighted by molar-refractivity contribution is 0.0963. The van der Waals surface area contributed by atoms with E-state index < -0.39 is 0 Å². The van der Waals surface area contributed by atoms with Crippen molar-refractivity contribution in [1.29, 1.82) is 0 Å². The Morgan fingerprint density at radius 3 is 2.38 bits per heavy atom. The van der Waals surface area contributed by atoms with Gasteiger partial charge in [0.25, 0.3) is 5.91 Å². The van der Waals surface area contributed by atoms with E-state index in [-0.39, 0.29) is 22.9 Å². The number of aryl methyl sites for hydroxylation is 1. The molecule has 0 spiro atoms. The molecule has 0 bridgehead atoms. The summed E-state index contributed by atoms with van der Waals surface area (Å²) in [7, 11) is 1.65. The van der Waals surface area contributed by atoms with E-state index in [0.717, 1.165) is 54.5 Å². The number of carbonyl (C=O) groups excluding carboxylic acids is 1. The zero-order valence-electron chi connectivity index (χ0n) is 26.6. The van der Waals surface area contributed by atoms with Gasteiger partial charge in [-0.3, -0.25) is 4.79 Å². The van der Waals surface area contributed by atoms with Crippen LogP contribution in [-0.2, 0) is 11.8 Å². The lowest BCUT2D eigenvalue weighted by Gasteiger charge is -2.48. The average Bonchev–Trinajstić information content (AvgIpc) is 3.37. The molecule has 0 radical (unpaired) electrons. The fraction of sp³-hybridized carbons (Fsp3) is 0.471. The van der Waals surface area contributed by atoms with Crippen LogP contribution in [0.15, 0.2) is 48.8 Å². The van der Waals surface area contributed by atoms with Crippen molar-refractivity contribution in [3.63, 3.8) is 0 Å². The van der Waals surface area contributed by atoms with Gasteiger partial charge in [-0.05, 0) is 81.0 Å². The fourth-order valence-electron chi connectivity index (χ4n) is 5.91. The van der Waals surface area contributed by atoms with E-state index in [2.05, 4.69) is 93.3 Å². The summed E-state index contributed by atoms with van der Waals surface area (Å²) in [5.41, 5.74) is 8.32. The first-order valence-electron chi connectivity index (χ1n) is 15.0. The van der Waals surface area contributed by atoms with Crippen LogP contribution in [0.3, 0.4) is 0 Å². The number of hydrogen-bond donors (Lipinski definition) is 1. The minimum Gasteiger partial charge on any atom is -0.363 e. The van der Waals surface area contributed by atoms with Crippen LogP contribution < -0.4 is 15.1 Å². The van der Waals surface area contributed by atoms with Crippen LogP contribution in [0.25, 0.3) is 11.2 Å². The van der Waals surface area contributed by atoms with Gasteiger partial charge in [0, 0.05) is 50.4 Å². The molecule has 5 rings (SSSR count). The molecule has 1 amide bonds. The molecule has 1 N–H and O–H groups in total. The Morgan fingerprint density at radius 2 is 1.76 bits per heavy atom. The zero-order valence-corrected chi connectivity index (χ0v) is 26.6. The van der Waals surface area contributed by atoms with E-state index in [1.807, 2.05) is 30.6 Å². The largest absolute Gasteiger partial charge is 0.363 e. The smallest absolute Gasteiger partial charge is 0.251 e. The Labute approximate surface area is 250 Å². The Bertz CT molecular complexity index is 1590. The normalized spacial score (nSPS) is 15.5. The van der Waals surface area contributed by atoms with Gasteiger partial charge in [0.2, 0.25) is 5.95 Å². The number of imidazole rings is 1. The summed E-state index contributed by atoms with van der Waals surface area (Å²) in [6, 6.07) is 14.9. The first-order chi connectivity index (χ1) is 19.8. The molecule has 1 saturated heterocycles. The average molecular weight is 568 g/mol. The zero-order chi connectivity index (χ0) is 30.4. The number of nitrogens with zero attached hydrogens (tertiary/aromatic N) is 6. The molecular formula is C34H45N7O. The van der Waals surface area contributed by atoms with Crippen LogP contribution in [0.5, 0.6) is 0 Å². The second-order valence-electron chi connectivity index (χ2n) is 13.5. The third-order valence-electron chi connectivity index (χ3n) is 8.47. The SMILES string of the molecule is CNC(=O)c1ccc(N2CCN(c3nc(Cc4cc(C(C)(C)C)ccc4C)c4c(ncn4C(C)C)n3)CC2(C)C)cc1. The van der Waals surface area contributed by atoms with Crippen LogP contribution in [0.2, 0.25) is 0 Å². The van der Waals surface area contributed by atoms with Gasteiger partial charge in [-0.15, -0.1) is 0 Å². The van der Waals surface area contributed by atoms with Gasteiger partial charge in [0.15, 0.2) is 5.65 Å². The summed E-state index contributed by atoms with van der Waals surface area (Å²) in [5, 5.41) is 2.69. The highest BCUT2D eigenvalue weighted by molar-refractivity contribution is 5.94. The van der Waals surface area contributed by atoms with Gasteiger partial charge < -0.3 is 19.7 Å². The Morgan fingerprint density at radius 1 is 1.05 bits per heavy atom. The number of rotatable bonds is 6. The van der Waals surface area contributed by atoms with Crippen molar-refractivity contribution in [2.75, 3.05) is 36.5 Å². The van der Waals surface area contributed by atoms with Crippen LogP contribution in [0.1, 0.15) is 87.3 Å². The van der Waals surface area contributed by atoms with Gasteiger partial charge in [-0.1, -0.05) is 39.0 Å². The summed E-state index contributed by atoms with van der Waals surface area (Å²) in [6.45, 7) is 20.2. The molecule has 4 aromatic rings. The molecule has 1 aliphatic rings. The number of anilines is 2. The van der Waals surface area contributed by atoms with Crippen molar-refractivity contribution in [2.45, 2.75) is 78.8 Å². The predicted octanol–water partition coefficient (Wildman–Crippen LogP) is 6.07. The molecule has 8 nitrogen and oxygen atoms in total. The van der Waals surface area contributed by atoms with Crippen molar-refractivity contribution in [3.05, 3.63) is 76.7 Å². The maximum absolute atomic E-state index is 12.0. The van der Waals surface area contributed by atoms with Crippen LogP contribution in [0.4, 0.5) is 11.6 Å². The summed E-state index contributed by atoms with van der Waals surface area (Å²) >= 11 is 0. The molecule has 2 aromatic heterocycles. The third-order valence-corrected chi connectivity index (χ3v) is 8.47. The number of amides is 1. The van der Waals surface area contributed by atoms with Crippen molar-refractivity contribution in [1.82, 2.24) is 24.8 Å². The van der Waals surface area contributed by atoms with E-state index in [1.165, 1.54) is 16.7 Å². The first-order valence-corrected chi connectivity index (χ1v) is 15.0. The standard InChI is InChI=1S/C34H45N7O/c1-22(2)40-21-36-30-29(40)28(19-25-18-26(33(4,5)6)13-10-23(25)3)37-32(38-30)39-16-17-41(34(7,8)20-39)27-14-11-24(12-15-27)31(42)35-9/h10-15,18,21-22H,16-17,19-20H2,1-9H3,(H,35,42). The Hall–Kier alpha value is -3.94. The van der Waals surface area contributed by atoms with Gasteiger partial charge in [-0.2, -0.15) is 4.98 Å². The van der Waals surface area contributed by atoms with Gasteiger partial charge >= 0.3 is 0 Å². The van der Waals surface area contributed by atoms with E-state index in [9.17, 15) is 4.79 Å². The Kier molecular flexibility index (Phi) is 7.77. The number of aromatic nitrogens is 4. The molecule has 0 atom stereocenters. The number of nitrogens with one attached hydrogen (secondary N) is 1. The number of hydrogen-bond acceptors (Lipinski definition) is 6. The Balaban J connectivity index is 1.49. The highest BCUT2D eigenvalue weighted by atomic mass is 16.1. The molecule has 1 fully saturated rings. The summed E-state index contributed by atoms with van der Waals surface area (Å²) in [5.74, 6) is 0.660. The minimum absolute atomic E-state index is 0.0717. The molecule has 1 aliphatic heterocycles. The van der Waals surface area contributed by atoms with Crippen molar-refractivity contribution in [3.8, 4) is 0 Å². The van der Waals surface area contributed by atoms with Crippen molar-refractivity contribution < 1.29 is 4.79 Å². The van der Waals surface area contributed by atoms with Gasteiger partial charge in [0.05, 0.1) is 17.6 Å². The maximum Gasteiger partial charge on any atom is 0.251 e. The van der Waals surface area contributed by atoms with Crippen LogP contribution in [-0.4, -0.2) is 57.6 Å². The minimum atomic E-state index is -0.180. The van der Waals surface area contributed by atoms with E-state index in [4.69, 9.17) is 15.0 Å². The van der Waals surface area contributed by atoms with Crippen LogP contribution in [0, 0.1) is 6.92 Å². The molecule has 0 unspecified atom stereocenters. The highest BCUT2D eigenvalue weighted by Gasteiger charge is 2.35. The monoisotopic (exact) mass is 567 g/mol. The highest BCUT2D eigenvalue weighted by Crippen LogP contribution is 2.32. The topological polar surface area (TPSA) is 79.2 Å². The fourth-order valence-corrected chi connectivity index (χ4v) is 5.91. The van der Waals surface area contributed by atoms with Crippen molar-refractivity contribution in [2.24, 2.45) is 0 Å². The van der Waals surface area contributed by atoms with E-state index >= 15 is 0 Å². The molecular weight excluding hydrogens is 522 g/mol. The van der Waals surface area contributed by atoms with Gasteiger partial charge in [-0.25, -0.2) is 9.97 Å². The lowest BCUT2D eigenvalue weighted by Crippen LogP contribution is -2.60. The third kappa shape index (κ3) is 5.72.